The van der Waals surface area contributed by atoms with E-state index in [1.807, 2.05) is 6.26 Å². The minimum Gasteiger partial charge on any atom is -0.480 e. The maximum atomic E-state index is 12.8. The lowest BCUT2D eigenvalue weighted by atomic mass is 10.1. The van der Waals surface area contributed by atoms with Gasteiger partial charge in [-0.3, -0.25) is 24.2 Å². The first-order valence-electron chi connectivity index (χ1n) is 10.0. The van der Waals surface area contributed by atoms with Crippen LogP contribution in [0.4, 0.5) is 0 Å². The van der Waals surface area contributed by atoms with Gasteiger partial charge in [0, 0.05) is 6.54 Å². The molecule has 0 radical (unpaired) electrons. The smallest absolute Gasteiger partial charge is 0.325 e. The summed E-state index contributed by atoms with van der Waals surface area (Å²) in [6, 6.07) is -4.58. The third-order valence-corrected chi connectivity index (χ3v) is 4.98. The number of thioether (sulfide) groups is 1. The van der Waals surface area contributed by atoms with Crippen LogP contribution < -0.4 is 33.2 Å². The molecule has 0 saturated carbocycles. The van der Waals surface area contributed by atoms with Gasteiger partial charge < -0.3 is 43.4 Å². The second-order valence-electron chi connectivity index (χ2n) is 7.19. The third-order valence-electron chi connectivity index (χ3n) is 4.34. The lowest BCUT2D eigenvalue weighted by Gasteiger charge is -2.26. The fraction of sp³-hybridized carbons (Fsp3) is 0.722. The quantitative estimate of drug-likeness (QED) is 0.0678. The maximum absolute atomic E-state index is 12.8. The molecule has 0 rings (SSSR count). The fourth-order valence-corrected chi connectivity index (χ4v) is 2.94. The molecule has 0 aliphatic carbocycles. The van der Waals surface area contributed by atoms with Crippen molar-refractivity contribution in [2.24, 2.45) is 22.2 Å². The van der Waals surface area contributed by atoms with Crippen molar-refractivity contribution in [3.05, 3.63) is 0 Å². The van der Waals surface area contributed by atoms with Crippen LogP contribution in [0.25, 0.3) is 0 Å². The van der Waals surface area contributed by atoms with Crippen molar-refractivity contribution >= 4 is 41.4 Å². The average Bonchev–Trinajstić information content (AvgIpc) is 2.71. The molecule has 0 fully saturated rings. The lowest BCUT2D eigenvalue weighted by molar-refractivity contribution is -0.142. The molecule has 11 N–H and O–H groups in total. The molecular formula is C18H35N7O6S. The number of carboxylic acids is 1. The summed E-state index contributed by atoms with van der Waals surface area (Å²) in [4.78, 5) is 52.3. The van der Waals surface area contributed by atoms with Gasteiger partial charge in [0.05, 0.1) is 12.1 Å². The predicted octanol–water partition coefficient (Wildman–Crippen LogP) is -2.94. The van der Waals surface area contributed by atoms with E-state index in [9.17, 15) is 24.3 Å². The highest BCUT2D eigenvalue weighted by Gasteiger charge is 2.31. The van der Waals surface area contributed by atoms with Crippen molar-refractivity contribution in [1.29, 1.82) is 0 Å². The molecular weight excluding hydrogens is 442 g/mol. The molecule has 5 atom stereocenters. The topological polar surface area (TPSA) is 235 Å². The van der Waals surface area contributed by atoms with E-state index in [2.05, 4.69) is 20.9 Å². The lowest BCUT2D eigenvalue weighted by Crippen LogP contribution is -2.59. The van der Waals surface area contributed by atoms with Gasteiger partial charge in [-0.25, -0.2) is 0 Å². The number of hydrogen-bond acceptors (Lipinski definition) is 8. The molecule has 0 aromatic heterocycles. The number of aliphatic hydroxyl groups excluding tert-OH is 1. The number of carboxylic acid groups (broad SMARTS) is 1. The van der Waals surface area contributed by atoms with Crippen LogP contribution in [0.2, 0.25) is 0 Å². The highest BCUT2D eigenvalue weighted by molar-refractivity contribution is 7.98. The molecule has 3 amide bonds. The number of amides is 3. The van der Waals surface area contributed by atoms with Crippen LogP contribution >= 0.6 is 11.8 Å². The first kappa shape index (κ1) is 29.4. The standard InChI is InChI=1S/C18H35N7O6S/c1-9(17(30)31)23-16(29)13(10(2)26)25-15(28)12(5-4-7-22-18(20)21)24-14(27)11(19)6-8-32-3/h9-13,26H,4-8,19H2,1-3H3,(H,23,29)(H,24,27)(H,25,28)(H,30,31)(H4,20,21,22). The Morgan fingerprint density at radius 3 is 2.12 bits per heavy atom. The second kappa shape index (κ2) is 15.3. The third kappa shape index (κ3) is 11.7. The molecule has 0 heterocycles. The Morgan fingerprint density at radius 1 is 1.00 bits per heavy atom. The van der Waals surface area contributed by atoms with Crippen molar-refractivity contribution in [2.75, 3.05) is 18.6 Å². The number of carbonyl (C=O) groups excluding carboxylic acids is 3. The molecule has 184 valence electrons. The van der Waals surface area contributed by atoms with Crippen LogP contribution in [0.1, 0.15) is 33.1 Å². The van der Waals surface area contributed by atoms with E-state index in [0.29, 0.717) is 18.6 Å². The van der Waals surface area contributed by atoms with Gasteiger partial charge in [-0.1, -0.05) is 0 Å². The van der Waals surface area contributed by atoms with Gasteiger partial charge in [0.2, 0.25) is 17.7 Å². The van der Waals surface area contributed by atoms with E-state index in [0.717, 1.165) is 0 Å². The predicted molar refractivity (Wildman–Crippen MR) is 122 cm³/mol. The van der Waals surface area contributed by atoms with Crippen molar-refractivity contribution in [3.8, 4) is 0 Å². The molecule has 13 nitrogen and oxygen atoms in total. The monoisotopic (exact) mass is 477 g/mol. The number of aliphatic hydroxyl groups is 1. The highest BCUT2D eigenvalue weighted by atomic mass is 32.2. The summed E-state index contributed by atoms with van der Waals surface area (Å²) in [5.41, 5.74) is 16.4. The molecule has 0 spiro atoms. The first-order chi connectivity index (χ1) is 14.9. The molecule has 0 saturated heterocycles. The molecule has 14 heteroatoms. The van der Waals surface area contributed by atoms with Crippen molar-refractivity contribution < 1.29 is 29.4 Å². The van der Waals surface area contributed by atoms with Crippen LogP contribution in [-0.2, 0) is 19.2 Å². The second-order valence-corrected chi connectivity index (χ2v) is 8.18. The largest absolute Gasteiger partial charge is 0.480 e. The molecule has 0 aliphatic rings. The zero-order chi connectivity index (χ0) is 24.8. The van der Waals surface area contributed by atoms with E-state index in [1.54, 1.807) is 0 Å². The number of aliphatic carboxylic acids is 1. The summed E-state index contributed by atoms with van der Waals surface area (Å²) in [5, 5.41) is 26.0. The van der Waals surface area contributed by atoms with Gasteiger partial charge in [-0.05, 0) is 45.1 Å². The van der Waals surface area contributed by atoms with E-state index in [-0.39, 0.29) is 18.9 Å². The van der Waals surface area contributed by atoms with Gasteiger partial charge in [-0.2, -0.15) is 11.8 Å². The Labute approximate surface area is 191 Å². The number of rotatable bonds is 15. The van der Waals surface area contributed by atoms with Gasteiger partial charge >= 0.3 is 5.97 Å². The first-order valence-corrected chi connectivity index (χ1v) is 11.4. The summed E-state index contributed by atoms with van der Waals surface area (Å²) in [7, 11) is 0. The Morgan fingerprint density at radius 2 is 1.62 bits per heavy atom. The Bertz CT molecular complexity index is 672. The molecule has 0 aliphatic heterocycles. The van der Waals surface area contributed by atoms with Crippen molar-refractivity contribution in [3.63, 3.8) is 0 Å². The molecule has 0 bridgehead atoms. The number of hydrogen-bond donors (Lipinski definition) is 8. The van der Waals surface area contributed by atoms with Crippen LogP contribution in [0, 0.1) is 0 Å². The van der Waals surface area contributed by atoms with Crippen LogP contribution in [-0.4, -0.2) is 88.7 Å². The highest BCUT2D eigenvalue weighted by Crippen LogP contribution is 2.04. The SMILES string of the molecule is CSCCC(N)C(=O)NC(CCCN=C(N)N)C(=O)NC(C(=O)NC(C)C(=O)O)C(C)O. The Balaban J connectivity index is 5.34. The molecule has 0 aromatic rings. The number of aliphatic imine (C=N–C) groups is 1. The molecule has 0 aromatic carbocycles. The maximum Gasteiger partial charge on any atom is 0.325 e. The average molecular weight is 478 g/mol. The number of nitrogens with two attached hydrogens (primary N) is 3. The number of nitrogens with zero attached hydrogens (tertiary/aromatic N) is 1. The normalized spacial score (nSPS) is 15.4. The van der Waals surface area contributed by atoms with Crippen molar-refractivity contribution in [1.82, 2.24) is 16.0 Å². The Kier molecular flexibility index (Phi) is 14.0. The van der Waals surface area contributed by atoms with Crippen molar-refractivity contribution in [2.45, 2.75) is 63.4 Å². The van der Waals surface area contributed by atoms with E-state index in [1.165, 1.54) is 25.6 Å². The Hall–Kier alpha value is -2.58. The fourth-order valence-electron chi connectivity index (χ4n) is 2.45. The van der Waals surface area contributed by atoms with Gasteiger partial charge in [0.1, 0.15) is 18.1 Å². The van der Waals surface area contributed by atoms with E-state index < -0.39 is 54.0 Å². The van der Waals surface area contributed by atoms with Gasteiger partial charge in [0.15, 0.2) is 5.96 Å². The summed E-state index contributed by atoms with van der Waals surface area (Å²) < 4.78 is 0. The van der Waals surface area contributed by atoms with Crippen LogP contribution in [0.3, 0.4) is 0 Å². The van der Waals surface area contributed by atoms with E-state index in [4.69, 9.17) is 22.3 Å². The molecule has 32 heavy (non-hydrogen) atoms. The number of guanidine groups is 1. The summed E-state index contributed by atoms with van der Waals surface area (Å²) in [6.07, 6.45) is 1.40. The van der Waals surface area contributed by atoms with E-state index >= 15 is 0 Å². The minimum absolute atomic E-state index is 0.118. The minimum atomic E-state index is -1.44. The van der Waals surface area contributed by atoms with Crippen LogP contribution in [0.5, 0.6) is 0 Å². The van der Waals surface area contributed by atoms with Gasteiger partial charge in [-0.15, -0.1) is 0 Å². The summed E-state index contributed by atoms with van der Waals surface area (Å²) in [6.45, 7) is 2.71. The number of nitrogens with one attached hydrogen (secondary N) is 3. The van der Waals surface area contributed by atoms with Gasteiger partial charge in [0.25, 0.3) is 0 Å². The zero-order valence-corrected chi connectivity index (χ0v) is 19.4. The number of carbonyl (C=O) groups is 4. The summed E-state index contributed by atoms with van der Waals surface area (Å²) >= 11 is 1.52. The summed E-state index contributed by atoms with van der Waals surface area (Å²) in [5.74, 6) is -2.92. The molecule has 5 unspecified atom stereocenters. The van der Waals surface area contributed by atoms with Crippen LogP contribution in [0.15, 0.2) is 4.99 Å². The zero-order valence-electron chi connectivity index (χ0n) is 18.5.